The van der Waals surface area contributed by atoms with Crippen LogP contribution in [-0.2, 0) is 4.74 Å². The average Bonchev–Trinajstić information content (AvgIpc) is 2.88. The zero-order chi connectivity index (χ0) is 16.4. The van der Waals surface area contributed by atoms with Crippen LogP contribution in [0.15, 0.2) is 24.7 Å². The number of pyridine rings is 1. The third-order valence-electron chi connectivity index (χ3n) is 3.07. The molecule has 3 aromatic rings. The fraction of sp³-hybridized carbons (Fsp3) is 0.200. The lowest BCUT2D eigenvalue weighted by atomic mass is 10.2. The van der Waals surface area contributed by atoms with Crippen molar-refractivity contribution in [3.8, 4) is 11.6 Å². The summed E-state index contributed by atoms with van der Waals surface area (Å²) in [5, 5.41) is 1.07. The van der Waals surface area contributed by atoms with E-state index in [9.17, 15) is 4.79 Å². The van der Waals surface area contributed by atoms with Crippen molar-refractivity contribution in [3.63, 3.8) is 0 Å². The highest BCUT2D eigenvalue weighted by Gasteiger charge is 2.21. The molecule has 0 saturated carbocycles. The van der Waals surface area contributed by atoms with Gasteiger partial charge in [-0.3, -0.25) is 0 Å². The van der Waals surface area contributed by atoms with E-state index in [1.54, 1.807) is 19.1 Å². The Hall–Kier alpha value is -2.25. The van der Waals surface area contributed by atoms with E-state index < -0.39 is 0 Å². The summed E-state index contributed by atoms with van der Waals surface area (Å²) in [5.41, 5.74) is 0.737. The van der Waals surface area contributed by atoms with Crippen LogP contribution in [0.3, 0.4) is 0 Å². The Morgan fingerprint density at radius 3 is 2.83 bits per heavy atom. The van der Waals surface area contributed by atoms with Crippen LogP contribution in [0, 0.1) is 6.92 Å². The molecule has 0 saturated heterocycles. The molecule has 0 radical (unpaired) electrons. The van der Waals surface area contributed by atoms with Crippen LogP contribution >= 0.6 is 22.9 Å². The molecule has 0 amide bonds. The van der Waals surface area contributed by atoms with Gasteiger partial charge in [0.15, 0.2) is 0 Å². The summed E-state index contributed by atoms with van der Waals surface area (Å²) in [6, 6.07) is 3.32. The van der Waals surface area contributed by atoms with Crippen LogP contribution in [0.1, 0.15) is 22.2 Å². The Labute approximate surface area is 141 Å². The molecule has 118 valence electrons. The summed E-state index contributed by atoms with van der Waals surface area (Å²) in [6.45, 7) is 3.90. The molecular formula is C15H12ClN3O3S. The van der Waals surface area contributed by atoms with Gasteiger partial charge in [-0.1, -0.05) is 11.6 Å². The fourth-order valence-electron chi connectivity index (χ4n) is 2.04. The third kappa shape index (κ3) is 3.11. The molecule has 0 N–H and O–H groups in total. The monoisotopic (exact) mass is 349 g/mol. The quantitative estimate of drug-likeness (QED) is 0.523. The first-order valence-electron chi connectivity index (χ1n) is 6.80. The Morgan fingerprint density at radius 1 is 1.30 bits per heavy atom. The van der Waals surface area contributed by atoms with Crippen LogP contribution in [0.4, 0.5) is 0 Å². The highest BCUT2D eigenvalue weighted by Crippen LogP contribution is 2.36. The highest BCUT2D eigenvalue weighted by atomic mass is 35.5. The van der Waals surface area contributed by atoms with Gasteiger partial charge in [0.2, 0.25) is 5.88 Å². The minimum absolute atomic E-state index is 0.317. The van der Waals surface area contributed by atoms with Crippen molar-refractivity contribution >= 4 is 39.1 Å². The molecule has 0 aromatic carbocycles. The first kappa shape index (κ1) is 15.6. The van der Waals surface area contributed by atoms with Gasteiger partial charge in [-0.25, -0.2) is 19.7 Å². The number of carbonyl (C=O) groups excluding carboxylic acids is 1. The van der Waals surface area contributed by atoms with Crippen molar-refractivity contribution in [2.45, 2.75) is 13.8 Å². The number of esters is 1. The molecule has 8 heteroatoms. The average molecular weight is 350 g/mol. The van der Waals surface area contributed by atoms with Crippen LogP contribution in [0.25, 0.3) is 10.2 Å². The largest absolute Gasteiger partial charge is 0.462 e. The Morgan fingerprint density at radius 2 is 2.13 bits per heavy atom. The molecule has 3 aromatic heterocycles. The molecule has 6 nitrogen and oxygen atoms in total. The van der Waals surface area contributed by atoms with Crippen molar-refractivity contribution in [3.05, 3.63) is 40.3 Å². The number of thiophene rings is 1. The van der Waals surface area contributed by atoms with Gasteiger partial charge in [0, 0.05) is 0 Å². The molecule has 0 fully saturated rings. The second-order valence-electron chi connectivity index (χ2n) is 4.55. The molecule has 0 unspecified atom stereocenters. The molecule has 0 atom stereocenters. The minimum Gasteiger partial charge on any atom is -0.462 e. The summed E-state index contributed by atoms with van der Waals surface area (Å²) in [4.78, 5) is 25.5. The molecule has 0 aliphatic carbocycles. The normalized spacial score (nSPS) is 10.7. The minimum atomic E-state index is -0.368. The Bertz CT molecular complexity index is 864. The number of ether oxygens (including phenoxy) is 2. The van der Waals surface area contributed by atoms with E-state index >= 15 is 0 Å². The zero-order valence-corrected chi connectivity index (χ0v) is 13.9. The van der Waals surface area contributed by atoms with E-state index in [2.05, 4.69) is 15.0 Å². The number of aromatic nitrogens is 3. The summed E-state index contributed by atoms with van der Waals surface area (Å²) < 4.78 is 10.8. The first-order chi connectivity index (χ1) is 11.1. The van der Waals surface area contributed by atoms with Gasteiger partial charge in [0.1, 0.15) is 26.9 Å². The van der Waals surface area contributed by atoms with Gasteiger partial charge < -0.3 is 9.47 Å². The number of halogens is 1. The predicted octanol–water partition coefficient (Wildman–Crippen LogP) is 4.02. The summed E-state index contributed by atoms with van der Waals surface area (Å²) >= 11 is 7.02. The van der Waals surface area contributed by atoms with Crippen LogP contribution < -0.4 is 4.74 Å². The van der Waals surface area contributed by atoms with Gasteiger partial charge in [-0.2, -0.15) is 0 Å². The van der Waals surface area contributed by atoms with Crippen LogP contribution in [0.2, 0.25) is 5.15 Å². The predicted molar refractivity (Wildman–Crippen MR) is 87.4 cm³/mol. The lowest BCUT2D eigenvalue weighted by Crippen LogP contribution is -2.03. The number of rotatable bonds is 4. The van der Waals surface area contributed by atoms with Gasteiger partial charge in [-0.05, 0) is 31.5 Å². The Kier molecular flexibility index (Phi) is 4.40. The standard InChI is InChI=1S/C15H12ClN3O3S/c1-3-21-15(20)12-8(2)11-13(18-7-19-14(11)23-12)22-9-4-5-10(16)17-6-9/h4-7H,3H2,1-2H3. The lowest BCUT2D eigenvalue weighted by Gasteiger charge is -2.06. The Balaban J connectivity index is 2.04. The van der Waals surface area contributed by atoms with Crippen molar-refractivity contribution in [1.82, 2.24) is 15.0 Å². The zero-order valence-electron chi connectivity index (χ0n) is 12.4. The fourth-order valence-corrected chi connectivity index (χ4v) is 3.19. The van der Waals surface area contributed by atoms with E-state index in [0.29, 0.717) is 38.5 Å². The number of hydrogen-bond acceptors (Lipinski definition) is 7. The van der Waals surface area contributed by atoms with Gasteiger partial charge in [-0.15, -0.1) is 11.3 Å². The molecule has 3 rings (SSSR count). The lowest BCUT2D eigenvalue weighted by molar-refractivity contribution is 0.0531. The van der Waals surface area contributed by atoms with Gasteiger partial charge in [0.25, 0.3) is 0 Å². The SMILES string of the molecule is CCOC(=O)c1sc2ncnc(Oc3ccc(Cl)nc3)c2c1C. The molecule has 0 aliphatic rings. The van der Waals surface area contributed by atoms with Crippen molar-refractivity contribution in [1.29, 1.82) is 0 Å². The molecule has 23 heavy (non-hydrogen) atoms. The van der Waals surface area contributed by atoms with Gasteiger partial charge in [0.05, 0.1) is 18.2 Å². The summed E-state index contributed by atoms with van der Waals surface area (Å²) in [5.74, 6) is 0.494. The maximum Gasteiger partial charge on any atom is 0.348 e. The van der Waals surface area contributed by atoms with Crippen molar-refractivity contribution in [2.75, 3.05) is 6.61 Å². The van der Waals surface area contributed by atoms with E-state index in [-0.39, 0.29) is 5.97 Å². The van der Waals surface area contributed by atoms with E-state index in [1.165, 1.54) is 23.9 Å². The van der Waals surface area contributed by atoms with E-state index in [0.717, 1.165) is 5.56 Å². The smallest absolute Gasteiger partial charge is 0.348 e. The van der Waals surface area contributed by atoms with Gasteiger partial charge >= 0.3 is 5.97 Å². The topological polar surface area (TPSA) is 74.2 Å². The van der Waals surface area contributed by atoms with Crippen molar-refractivity contribution < 1.29 is 14.3 Å². The number of carbonyl (C=O) groups is 1. The number of aryl methyl sites for hydroxylation is 1. The van der Waals surface area contributed by atoms with Crippen LogP contribution in [-0.4, -0.2) is 27.5 Å². The molecule has 0 aliphatic heterocycles. The van der Waals surface area contributed by atoms with E-state index in [4.69, 9.17) is 21.1 Å². The van der Waals surface area contributed by atoms with E-state index in [1.807, 2.05) is 6.92 Å². The molecular weight excluding hydrogens is 338 g/mol. The van der Waals surface area contributed by atoms with Crippen LogP contribution in [0.5, 0.6) is 11.6 Å². The third-order valence-corrected chi connectivity index (χ3v) is 4.47. The molecule has 3 heterocycles. The second-order valence-corrected chi connectivity index (χ2v) is 5.94. The highest BCUT2D eigenvalue weighted by molar-refractivity contribution is 7.20. The molecule has 0 spiro atoms. The summed E-state index contributed by atoms with van der Waals surface area (Å²) in [6.07, 6.45) is 2.90. The first-order valence-corrected chi connectivity index (χ1v) is 8.00. The van der Waals surface area contributed by atoms with Crippen molar-refractivity contribution in [2.24, 2.45) is 0 Å². The maximum atomic E-state index is 12.0. The summed E-state index contributed by atoms with van der Waals surface area (Å²) in [7, 11) is 0. The second kappa shape index (κ2) is 6.47. The maximum absolute atomic E-state index is 12.0. The number of hydrogen-bond donors (Lipinski definition) is 0. The number of nitrogens with zero attached hydrogens (tertiary/aromatic N) is 3. The molecule has 0 bridgehead atoms. The number of fused-ring (bicyclic) bond motifs is 1.